The molecule has 3 rings (SSSR count). The maximum atomic E-state index is 14.5. The minimum atomic E-state index is -3.25. The lowest BCUT2D eigenvalue weighted by Crippen LogP contribution is -2.44. The summed E-state index contributed by atoms with van der Waals surface area (Å²) in [6, 6.07) is -0.00691. The van der Waals surface area contributed by atoms with Gasteiger partial charge in [-0.05, 0) is 33.6 Å². The molecule has 150 valence electrons. The largest absolute Gasteiger partial charge is 0.444 e. The highest BCUT2D eigenvalue weighted by atomic mass is 19.3. The van der Waals surface area contributed by atoms with Crippen molar-refractivity contribution < 1.29 is 23.2 Å². The quantitative estimate of drug-likeness (QED) is 0.585. The van der Waals surface area contributed by atoms with Gasteiger partial charge in [0.2, 0.25) is 5.82 Å². The summed E-state index contributed by atoms with van der Waals surface area (Å²) in [6.07, 6.45) is 1.89. The highest BCUT2D eigenvalue weighted by Gasteiger charge is 2.43. The van der Waals surface area contributed by atoms with E-state index in [2.05, 4.69) is 5.10 Å². The molecule has 1 aromatic rings. The Labute approximate surface area is 155 Å². The lowest BCUT2D eigenvalue weighted by atomic mass is 10.2. The number of hydrogen-bond donors (Lipinski definition) is 0. The van der Waals surface area contributed by atoms with Gasteiger partial charge in [-0.2, -0.15) is 5.10 Å². The summed E-state index contributed by atoms with van der Waals surface area (Å²) in [5.74, 6) is -3.17. The molecule has 0 bridgehead atoms. The summed E-state index contributed by atoms with van der Waals surface area (Å²) < 4.78 is 35.7. The van der Waals surface area contributed by atoms with E-state index in [9.17, 15) is 23.7 Å². The Bertz CT molecular complexity index is 742. The van der Waals surface area contributed by atoms with E-state index in [1.165, 1.54) is 9.58 Å². The number of ether oxygens (including phenoxy) is 1. The van der Waals surface area contributed by atoms with Crippen molar-refractivity contribution in [3.05, 3.63) is 16.3 Å². The number of halogens is 2. The summed E-state index contributed by atoms with van der Waals surface area (Å²) in [4.78, 5) is 25.2. The number of hydrogen-bond acceptors (Lipinski definition) is 6. The Balaban J connectivity index is 1.86. The van der Waals surface area contributed by atoms with E-state index in [1.54, 1.807) is 20.8 Å². The maximum Gasteiger partial charge on any atom is 0.410 e. The second kappa shape index (κ2) is 6.61. The first-order valence-electron chi connectivity index (χ1n) is 8.79. The average molecular weight is 387 g/mol. The molecule has 9 nitrogen and oxygen atoms in total. The van der Waals surface area contributed by atoms with E-state index in [-0.39, 0.29) is 30.6 Å². The number of carbonyl (C=O) groups is 1. The van der Waals surface area contributed by atoms with Crippen LogP contribution in [0.5, 0.6) is 0 Å². The van der Waals surface area contributed by atoms with Gasteiger partial charge in [-0.25, -0.2) is 18.3 Å². The van der Waals surface area contributed by atoms with Gasteiger partial charge >= 0.3 is 11.8 Å². The molecule has 0 atom stereocenters. The van der Waals surface area contributed by atoms with E-state index in [1.807, 2.05) is 0 Å². The summed E-state index contributed by atoms with van der Waals surface area (Å²) in [7, 11) is 0. The first kappa shape index (κ1) is 19.3. The minimum Gasteiger partial charge on any atom is -0.444 e. The first-order valence-corrected chi connectivity index (χ1v) is 8.79. The van der Waals surface area contributed by atoms with Crippen LogP contribution in [0.3, 0.4) is 0 Å². The normalized spacial score (nSPS) is 20.3. The van der Waals surface area contributed by atoms with Crippen LogP contribution >= 0.6 is 0 Å². The van der Waals surface area contributed by atoms with Gasteiger partial charge in [0.1, 0.15) is 11.8 Å². The predicted molar refractivity (Wildman–Crippen MR) is 92.1 cm³/mol. The van der Waals surface area contributed by atoms with Crippen LogP contribution in [0.25, 0.3) is 0 Å². The van der Waals surface area contributed by atoms with Crippen LogP contribution in [-0.2, 0) is 4.74 Å². The Morgan fingerprint density at radius 3 is 2.56 bits per heavy atom. The zero-order valence-corrected chi connectivity index (χ0v) is 15.5. The summed E-state index contributed by atoms with van der Waals surface area (Å²) in [6.45, 7) is 3.43. The molecular formula is C16H23F2N5O4. The molecule has 0 N–H and O–H groups in total. The molecule has 27 heavy (non-hydrogen) atoms. The van der Waals surface area contributed by atoms with Crippen LogP contribution in [0.1, 0.15) is 39.7 Å². The van der Waals surface area contributed by atoms with E-state index < -0.39 is 35.6 Å². The lowest BCUT2D eigenvalue weighted by molar-refractivity contribution is -0.384. The summed E-state index contributed by atoms with van der Waals surface area (Å²) in [5.41, 5.74) is -1.11. The molecule has 0 unspecified atom stereocenters. The number of carbonyl (C=O) groups excluding carboxylic acids is 1. The van der Waals surface area contributed by atoms with Crippen molar-refractivity contribution in [2.45, 2.75) is 51.2 Å². The molecule has 2 fully saturated rings. The fourth-order valence-corrected chi connectivity index (χ4v) is 3.04. The molecule has 11 heteroatoms. The van der Waals surface area contributed by atoms with Gasteiger partial charge in [0.15, 0.2) is 0 Å². The Kier molecular flexibility index (Phi) is 4.73. The number of amides is 1. The van der Waals surface area contributed by atoms with E-state index >= 15 is 0 Å². The molecule has 0 spiro atoms. The molecule has 1 saturated heterocycles. The smallest absolute Gasteiger partial charge is 0.410 e. The van der Waals surface area contributed by atoms with E-state index in [4.69, 9.17) is 4.74 Å². The molecule has 1 aliphatic carbocycles. The minimum absolute atomic E-state index is 0.00691. The van der Waals surface area contributed by atoms with Gasteiger partial charge < -0.3 is 14.5 Å². The molecule has 1 amide bonds. The maximum absolute atomic E-state index is 14.5. The van der Waals surface area contributed by atoms with Crippen LogP contribution in [0.4, 0.5) is 25.1 Å². The number of nitrogens with zero attached hydrogens (tertiary/aromatic N) is 5. The van der Waals surface area contributed by atoms with Crippen molar-refractivity contribution in [2.75, 3.05) is 31.1 Å². The first-order chi connectivity index (χ1) is 12.5. The molecule has 1 saturated carbocycles. The van der Waals surface area contributed by atoms with Crippen molar-refractivity contribution in [2.24, 2.45) is 0 Å². The van der Waals surface area contributed by atoms with Crippen LogP contribution in [0, 0.1) is 10.1 Å². The summed E-state index contributed by atoms with van der Waals surface area (Å²) >= 11 is 0. The van der Waals surface area contributed by atoms with E-state index in [0.717, 1.165) is 23.9 Å². The standard InChI is InChI=1S/C16H23F2N5O4/c1-15(2,3)27-14(24)21-7-6-20(9-16(17,18)10-21)13-12(23(25)26)8-19-22(13)11-4-5-11/h8,11H,4-7,9-10H2,1-3H3. The van der Waals surface area contributed by atoms with Gasteiger partial charge in [-0.3, -0.25) is 10.1 Å². The third-order valence-electron chi connectivity index (χ3n) is 4.28. The van der Waals surface area contributed by atoms with Crippen molar-refractivity contribution in [3.63, 3.8) is 0 Å². The number of rotatable bonds is 3. The molecular weight excluding hydrogens is 364 g/mol. The highest BCUT2D eigenvalue weighted by molar-refractivity contribution is 5.68. The molecule has 2 heterocycles. The van der Waals surface area contributed by atoms with Crippen molar-refractivity contribution >= 4 is 17.6 Å². The molecule has 1 aliphatic heterocycles. The van der Waals surface area contributed by atoms with Gasteiger partial charge in [0, 0.05) is 13.1 Å². The van der Waals surface area contributed by atoms with Gasteiger partial charge in [0.25, 0.3) is 5.92 Å². The van der Waals surface area contributed by atoms with Gasteiger partial charge in [-0.15, -0.1) is 0 Å². The topological polar surface area (TPSA) is 93.7 Å². The fraction of sp³-hybridized carbons (Fsp3) is 0.750. The SMILES string of the molecule is CC(C)(C)OC(=O)N1CCN(c2c([N+](=O)[O-])cnn2C2CC2)CC(F)(F)C1. The van der Waals surface area contributed by atoms with Crippen LogP contribution < -0.4 is 4.90 Å². The summed E-state index contributed by atoms with van der Waals surface area (Å²) in [5, 5.41) is 15.4. The van der Waals surface area contributed by atoms with E-state index in [0.29, 0.717) is 0 Å². The number of alkyl halides is 2. The van der Waals surface area contributed by atoms with Crippen LogP contribution in [0.2, 0.25) is 0 Å². The number of aromatic nitrogens is 2. The van der Waals surface area contributed by atoms with Crippen molar-refractivity contribution in [1.82, 2.24) is 14.7 Å². The third-order valence-corrected chi connectivity index (χ3v) is 4.28. The second-order valence-corrected chi connectivity index (χ2v) is 7.97. The van der Waals surface area contributed by atoms with Gasteiger partial charge in [-0.1, -0.05) is 0 Å². The van der Waals surface area contributed by atoms with Crippen LogP contribution in [-0.4, -0.2) is 63.4 Å². The second-order valence-electron chi connectivity index (χ2n) is 7.97. The lowest BCUT2D eigenvalue weighted by Gasteiger charge is -2.27. The average Bonchev–Trinajstić information content (AvgIpc) is 3.28. The number of nitro groups is 1. The molecule has 2 aliphatic rings. The zero-order chi connectivity index (χ0) is 20.0. The predicted octanol–water partition coefficient (Wildman–Crippen LogP) is 2.82. The Hall–Kier alpha value is -2.46. The molecule has 1 aromatic heterocycles. The van der Waals surface area contributed by atoms with Crippen molar-refractivity contribution in [1.29, 1.82) is 0 Å². The molecule has 0 radical (unpaired) electrons. The highest BCUT2D eigenvalue weighted by Crippen LogP contribution is 2.42. The third kappa shape index (κ3) is 4.45. The number of anilines is 1. The fourth-order valence-electron chi connectivity index (χ4n) is 3.04. The molecule has 0 aromatic carbocycles. The van der Waals surface area contributed by atoms with Crippen LogP contribution in [0.15, 0.2) is 6.20 Å². The Morgan fingerprint density at radius 2 is 2.00 bits per heavy atom. The Morgan fingerprint density at radius 1 is 1.33 bits per heavy atom. The zero-order valence-electron chi connectivity index (χ0n) is 15.5. The van der Waals surface area contributed by atoms with Gasteiger partial charge in [0.05, 0.1) is 24.1 Å². The van der Waals surface area contributed by atoms with Crippen molar-refractivity contribution in [3.8, 4) is 0 Å². The monoisotopic (exact) mass is 387 g/mol.